The van der Waals surface area contributed by atoms with E-state index in [2.05, 4.69) is 15.1 Å². The van der Waals surface area contributed by atoms with E-state index in [9.17, 15) is 4.79 Å². The summed E-state index contributed by atoms with van der Waals surface area (Å²) in [5, 5.41) is 5.22. The van der Waals surface area contributed by atoms with Crippen LogP contribution >= 0.6 is 0 Å². The number of para-hydroxylation sites is 1. The number of methoxy groups -OCH3 is 2. The molecule has 0 unspecified atom stereocenters. The quantitative estimate of drug-likeness (QED) is 0.625. The molecule has 2 aliphatic rings. The van der Waals surface area contributed by atoms with Crippen LogP contribution in [0, 0.1) is 0 Å². The second-order valence-corrected chi connectivity index (χ2v) is 5.20. The van der Waals surface area contributed by atoms with Crippen molar-refractivity contribution >= 4 is 10.9 Å². The zero-order valence-electron chi connectivity index (χ0n) is 13.1. The third kappa shape index (κ3) is 2.02. The maximum atomic E-state index is 12.7. The first-order valence-corrected chi connectivity index (χ1v) is 7.31. The van der Waals surface area contributed by atoms with Gasteiger partial charge in [0.2, 0.25) is 11.8 Å². The fourth-order valence-electron chi connectivity index (χ4n) is 2.71. The third-order valence-corrected chi connectivity index (χ3v) is 3.86. The third-order valence-electron chi connectivity index (χ3n) is 3.86. The Morgan fingerprint density at radius 2 is 1.92 bits per heavy atom. The van der Waals surface area contributed by atoms with Gasteiger partial charge in [0.25, 0.3) is 5.56 Å². The Kier molecular flexibility index (Phi) is 3.19. The second kappa shape index (κ2) is 5.38. The Hall–Kier alpha value is -3.35. The normalized spacial score (nSPS) is 11.1. The van der Waals surface area contributed by atoms with E-state index in [0.717, 1.165) is 0 Å². The van der Waals surface area contributed by atoms with Gasteiger partial charge >= 0.3 is 0 Å². The number of rotatable bonds is 3. The number of hydrogen-bond donors (Lipinski definition) is 1. The first-order chi connectivity index (χ1) is 11.7. The topological polar surface area (TPSA) is 82.0 Å². The summed E-state index contributed by atoms with van der Waals surface area (Å²) in [6, 6.07) is 11.0. The molecule has 1 aromatic carbocycles. The lowest BCUT2D eigenvalue weighted by Gasteiger charge is -2.09. The first kappa shape index (κ1) is 14.3. The van der Waals surface area contributed by atoms with E-state index in [1.54, 1.807) is 12.3 Å². The molecule has 3 heterocycles. The average molecular weight is 322 g/mol. The van der Waals surface area contributed by atoms with Gasteiger partial charge in [-0.05, 0) is 12.1 Å². The maximum Gasteiger partial charge on any atom is 0.282 e. The highest BCUT2D eigenvalue weighted by molar-refractivity contribution is 5.96. The first-order valence-electron chi connectivity index (χ1n) is 7.31. The van der Waals surface area contributed by atoms with E-state index in [4.69, 9.17) is 9.47 Å². The highest BCUT2D eigenvalue weighted by Gasteiger charge is 2.21. The number of benzene rings is 1. The van der Waals surface area contributed by atoms with Crippen LogP contribution in [0.1, 0.15) is 0 Å². The number of nitrogens with zero attached hydrogens (tertiary/aromatic N) is 3. The molecule has 7 heteroatoms. The number of H-pyrrole nitrogens is 1. The van der Waals surface area contributed by atoms with Gasteiger partial charge in [0, 0.05) is 17.6 Å². The Morgan fingerprint density at radius 3 is 2.62 bits per heavy atom. The molecule has 0 spiro atoms. The van der Waals surface area contributed by atoms with Crippen molar-refractivity contribution < 1.29 is 9.47 Å². The predicted molar refractivity (Wildman–Crippen MR) is 89.2 cm³/mol. The van der Waals surface area contributed by atoms with Crippen LogP contribution in [-0.4, -0.2) is 34.0 Å². The molecule has 1 N–H and O–H groups in total. The van der Waals surface area contributed by atoms with Crippen LogP contribution in [0.15, 0.2) is 47.4 Å². The second-order valence-electron chi connectivity index (χ2n) is 5.20. The molecular formula is C17H14N4O3. The minimum Gasteiger partial charge on any atom is -0.481 e. The van der Waals surface area contributed by atoms with Gasteiger partial charge in [0.05, 0.1) is 25.5 Å². The number of nitrogens with one attached hydrogen (secondary N) is 1. The van der Waals surface area contributed by atoms with E-state index in [1.807, 2.05) is 30.3 Å². The van der Waals surface area contributed by atoms with Crippen molar-refractivity contribution in [3.8, 4) is 28.7 Å². The van der Waals surface area contributed by atoms with Gasteiger partial charge in [0.15, 0.2) is 0 Å². The molecule has 0 radical (unpaired) electrons. The molecule has 2 aliphatic heterocycles. The van der Waals surface area contributed by atoms with Crippen molar-refractivity contribution in [3.63, 3.8) is 0 Å². The molecule has 0 bridgehead atoms. The summed E-state index contributed by atoms with van der Waals surface area (Å²) in [4.78, 5) is 20.0. The molecule has 24 heavy (non-hydrogen) atoms. The Balaban J connectivity index is 2.08. The van der Waals surface area contributed by atoms with Crippen LogP contribution < -0.4 is 15.0 Å². The largest absolute Gasteiger partial charge is 0.481 e. The molecule has 4 rings (SSSR count). The number of aromatic amines is 1. The van der Waals surface area contributed by atoms with Gasteiger partial charge in [-0.1, -0.05) is 18.2 Å². The number of ether oxygens (including phenoxy) is 2. The fourth-order valence-corrected chi connectivity index (χ4v) is 2.71. The lowest BCUT2D eigenvalue weighted by atomic mass is 10.1. The molecule has 1 aromatic heterocycles. The fraction of sp³-hybridized carbons (Fsp3) is 0.118. The van der Waals surface area contributed by atoms with Gasteiger partial charge < -0.3 is 14.5 Å². The lowest BCUT2D eigenvalue weighted by Crippen LogP contribution is -2.14. The summed E-state index contributed by atoms with van der Waals surface area (Å²) in [6.45, 7) is 0. The lowest BCUT2D eigenvalue weighted by molar-refractivity contribution is 0.368. The zero-order valence-corrected chi connectivity index (χ0v) is 13.1. The van der Waals surface area contributed by atoms with Gasteiger partial charge in [-0.2, -0.15) is 14.8 Å². The summed E-state index contributed by atoms with van der Waals surface area (Å²) in [5.41, 5.74) is 2.23. The Labute approximate surface area is 136 Å². The van der Waals surface area contributed by atoms with Crippen molar-refractivity contribution in [2.45, 2.75) is 0 Å². The van der Waals surface area contributed by atoms with Gasteiger partial charge in [-0.25, -0.2) is 0 Å². The minimum absolute atomic E-state index is 0.191. The molecule has 0 fully saturated rings. The van der Waals surface area contributed by atoms with Crippen molar-refractivity contribution in [1.82, 2.24) is 19.7 Å². The van der Waals surface area contributed by atoms with Crippen molar-refractivity contribution in [2.75, 3.05) is 14.2 Å². The van der Waals surface area contributed by atoms with E-state index in [0.29, 0.717) is 39.6 Å². The number of fused-ring (bicyclic) bond motifs is 3. The Morgan fingerprint density at radius 1 is 1.12 bits per heavy atom. The zero-order chi connectivity index (χ0) is 16.7. The van der Waals surface area contributed by atoms with Crippen molar-refractivity contribution in [1.29, 1.82) is 0 Å². The molecule has 0 amide bonds. The van der Waals surface area contributed by atoms with Gasteiger partial charge in [-0.15, -0.1) is 0 Å². The van der Waals surface area contributed by atoms with Crippen LogP contribution in [0.4, 0.5) is 0 Å². The van der Waals surface area contributed by atoms with Gasteiger partial charge in [-0.3, -0.25) is 4.79 Å². The van der Waals surface area contributed by atoms with Crippen molar-refractivity contribution in [2.24, 2.45) is 0 Å². The number of pyridine rings is 2. The monoisotopic (exact) mass is 322 g/mol. The van der Waals surface area contributed by atoms with Crippen LogP contribution in [0.5, 0.6) is 11.8 Å². The highest BCUT2D eigenvalue weighted by atomic mass is 16.5. The number of aromatic nitrogens is 4. The molecule has 0 aliphatic carbocycles. The van der Waals surface area contributed by atoms with Crippen LogP contribution in [0.25, 0.3) is 27.8 Å². The molecular weight excluding hydrogens is 308 g/mol. The smallest absolute Gasteiger partial charge is 0.282 e. The summed E-state index contributed by atoms with van der Waals surface area (Å²) < 4.78 is 11.9. The molecule has 0 saturated carbocycles. The van der Waals surface area contributed by atoms with Crippen LogP contribution in [-0.2, 0) is 0 Å². The van der Waals surface area contributed by atoms with E-state index in [-0.39, 0.29) is 5.56 Å². The molecule has 0 atom stereocenters. The summed E-state index contributed by atoms with van der Waals surface area (Å²) >= 11 is 0. The van der Waals surface area contributed by atoms with Crippen molar-refractivity contribution in [3.05, 3.63) is 52.9 Å². The summed E-state index contributed by atoms with van der Waals surface area (Å²) in [5.74, 6) is 0.773. The van der Waals surface area contributed by atoms with E-state index in [1.165, 1.54) is 18.9 Å². The average Bonchev–Trinajstić information content (AvgIpc) is 2.98. The Bertz CT molecular complexity index is 1050. The molecule has 0 saturated heterocycles. The highest BCUT2D eigenvalue weighted by Crippen LogP contribution is 2.32. The molecule has 2 aromatic rings. The molecule has 120 valence electrons. The summed E-state index contributed by atoms with van der Waals surface area (Å²) in [7, 11) is 3.06. The number of hydrogen-bond acceptors (Lipinski definition) is 5. The van der Waals surface area contributed by atoms with Crippen LogP contribution in [0.3, 0.4) is 0 Å². The predicted octanol–water partition coefficient (Wildman–Crippen LogP) is 2.23. The summed E-state index contributed by atoms with van der Waals surface area (Å²) in [6.07, 6.45) is 1.63. The van der Waals surface area contributed by atoms with Crippen LogP contribution in [0.2, 0.25) is 0 Å². The molecule has 7 nitrogen and oxygen atoms in total. The maximum absolute atomic E-state index is 12.7. The van der Waals surface area contributed by atoms with Gasteiger partial charge in [0.1, 0.15) is 11.2 Å². The standard InChI is InChI=1S/C17H14N4O3/c1-23-13-8-11-14-12(9-18-15(11)16(19-13)24-2)17(22)21(20-14)10-6-4-3-5-7-10/h3-9,18H,1-2H3. The van der Waals surface area contributed by atoms with E-state index < -0.39 is 0 Å². The minimum atomic E-state index is -0.191. The SMILES string of the molecule is COc1cc2c3nn(-c4ccccc4)c(=O)c-3c[nH]c2c(OC)n1. The van der Waals surface area contributed by atoms with E-state index >= 15 is 0 Å².